The molecule has 1 aromatic carbocycles. The minimum absolute atomic E-state index is 0.105. The number of alkyl halides is 9. The molecule has 0 bridgehead atoms. The summed E-state index contributed by atoms with van der Waals surface area (Å²) in [6.07, 6.45) is -16.7. The standard InChI is InChI=1S/C23H21F9N4O3/c1-11-6-13(7-12(2)19(11)15(37)4-5-18(38)33-10-21(24,25)26)14-9-20(39-35-14,23(30,31)32)17-8-16(22(27,28)29)34-36(17)3/h6-8H,4-5,9-10H2,1-3H3,(H,33,38). The lowest BCUT2D eigenvalue weighted by Crippen LogP contribution is -2.44. The second kappa shape index (κ2) is 10.2. The van der Waals surface area contributed by atoms with Gasteiger partial charge in [-0.1, -0.05) is 5.16 Å². The minimum atomic E-state index is -5.19. The van der Waals surface area contributed by atoms with Gasteiger partial charge < -0.3 is 10.2 Å². The van der Waals surface area contributed by atoms with Gasteiger partial charge in [-0.15, -0.1) is 0 Å². The zero-order valence-corrected chi connectivity index (χ0v) is 20.5. The molecule has 0 fully saturated rings. The van der Waals surface area contributed by atoms with E-state index in [9.17, 15) is 49.1 Å². The molecule has 0 aliphatic carbocycles. The average Bonchev–Trinajstić information content (AvgIpc) is 3.40. The molecule has 2 aromatic rings. The highest BCUT2D eigenvalue weighted by Crippen LogP contribution is 2.49. The fourth-order valence-corrected chi connectivity index (χ4v) is 4.22. The summed E-state index contributed by atoms with van der Waals surface area (Å²) in [5.41, 5.74) is -5.19. The van der Waals surface area contributed by atoms with Crippen molar-refractivity contribution in [2.75, 3.05) is 6.54 Å². The molecule has 3 rings (SSSR count). The van der Waals surface area contributed by atoms with Crippen LogP contribution in [-0.2, 0) is 28.5 Å². The first kappa shape index (κ1) is 30.0. The third kappa shape index (κ3) is 6.36. The first-order valence-corrected chi connectivity index (χ1v) is 11.2. The number of nitrogens with zero attached hydrogens (tertiary/aromatic N) is 3. The van der Waals surface area contributed by atoms with Gasteiger partial charge in [-0.3, -0.25) is 14.3 Å². The molecule has 2 heterocycles. The highest BCUT2D eigenvalue weighted by atomic mass is 19.4. The smallest absolute Gasteiger partial charge is 0.372 e. The van der Waals surface area contributed by atoms with Crippen molar-refractivity contribution in [1.29, 1.82) is 0 Å². The summed E-state index contributed by atoms with van der Waals surface area (Å²) in [7, 11) is 0.914. The molecule has 1 atom stereocenters. The fraction of sp³-hybridized carbons (Fsp3) is 0.478. The van der Waals surface area contributed by atoms with E-state index in [4.69, 9.17) is 4.84 Å². The number of Topliss-reactive ketones (excluding diaryl/α,β-unsaturated/α-hetero) is 1. The molecule has 0 saturated heterocycles. The first-order chi connectivity index (χ1) is 17.7. The molecule has 1 amide bonds. The lowest BCUT2D eigenvalue weighted by Gasteiger charge is -2.28. The van der Waals surface area contributed by atoms with Crippen LogP contribution in [0.1, 0.15) is 57.7 Å². The van der Waals surface area contributed by atoms with E-state index >= 15 is 0 Å². The van der Waals surface area contributed by atoms with Crippen molar-refractivity contribution in [2.24, 2.45) is 12.2 Å². The molecule has 0 spiro atoms. The van der Waals surface area contributed by atoms with E-state index in [1.165, 1.54) is 26.0 Å². The largest absolute Gasteiger partial charge is 0.437 e. The normalized spacial score (nSPS) is 18.1. The molecule has 0 saturated carbocycles. The van der Waals surface area contributed by atoms with E-state index in [0.717, 1.165) is 7.05 Å². The number of aryl methyl sites for hydroxylation is 3. The van der Waals surface area contributed by atoms with Crippen molar-refractivity contribution in [3.05, 3.63) is 51.8 Å². The first-order valence-electron chi connectivity index (χ1n) is 11.2. The number of nitrogens with one attached hydrogen (secondary N) is 1. The summed E-state index contributed by atoms with van der Waals surface area (Å²) in [4.78, 5) is 29.0. The Balaban J connectivity index is 1.83. The summed E-state index contributed by atoms with van der Waals surface area (Å²) in [5.74, 6) is -1.57. The Bertz CT molecular complexity index is 1290. The van der Waals surface area contributed by atoms with Crippen LogP contribution in [0.3, 0.4) is 0 Å². The van der Waals surface area contributed by atoms with Gasteiger partial charge >= 0.3 is 18.5 Å². The lowest BCUT2D eigenvalue weighted by molar-refractivity contribution is -0.278. The Morgan fingerprint density at radius 1 is 1.00 bits per heavy atom. The Morgan fingerprint density at radius 3 is 2.08 bits per heavy atom. The summed E-state index contributed by atoms with van der Waals surface area (Å²) in [5, 5.41) is 8.30. The van der Waals surface area contributed by atoms with Crippen molar-refractivity contribution >= 4 is 17.4 Å². The number of carbonyl (C=O) groups excluding carboxylic acids is 2. The second-order valence-electron chi connectivity index (χ2n) is 8.97. The highest BCUT2D eigenvalue weighted by molar-refractivity contribution is 6.05. The van der Waals surface area contributed by atoms with Crippen LogP contribution < -0.4 is 5.32 Å². The number of hydrogen-bond donors (Lipinski definition) is 1. The van der Waals surface area contributed by atoms with Gasteiger partial charge in [-0.05, 0) is 43.2 Å². The van der Waals surface area contributed by atoms with E-state index in [0.29, 0.717) is 4.68 Å². The predicted octanol–water partition coefficient (Wildman–Crippen LogP) is 5.28. The zero-order chi connectivity index (χ0) is 29.6. The van der Waals surface area contributed by atoms with Gasteiger partial charge in [0.1, 0.15) is 6.54 Å². The minimum Gasteiger partial charge on any atom is -0.372 e. The number of halogens is 9. The van der Waals surface area contributed by atoms with Gasteiger partial charge in [0.05, 0.1) is 17.8 Å². The molecular formula is C23H21F9N4O3. The monoisotopic (exact) mass is 572 g/mol. The molecular weight excluding hydrogens is 551 g/mol. The number of benzene rings is 1. The summed E-state index contributed by atoms with van der Waals surface area (Å²) < 4.78 is 119. The highest BCUT2D eigenvalue weighted by Gasteiger charge is 2.64. The van der Waals surface area contributed by atoms with Crippen LogP contribution in [0.4, 0.5) is 39.5 Å². The van der Waals surface area contributed by atoms with Crippen LogP contribution >= 0.6 is 0 Å². The van der Waals surface area contributed by atoms with Crippen molar-refractivity contribution in [2.45, 2.75) is 57.2 Å². The van der Waals surface area contributed by atoms with E-state index in [1.54, 1.807) is 5.32 Å². The third-order valence-electron chi connectivity index (χ3n) is 5.98. The van der Waals surface area contributed by atoms with Crippen molar-refractivity contribution in [3.63, 3.8) is 0 Å². The number of amides is 1. The van der Waals surface area contributed by atoms with Gasteiger partial charge in [0.2, 0.25) is 5.91 Å². The maximum atomic E-state index is 14.2. The van der Waals surface area contributed by atoms with Crippen LogP contribution in [0.15, 0.2) is 23.4 Å². The molecule has 7 nitrogen and oxygen atoms in total. The number of hydrogen-bond acceptors (Lipinski definition) is 5. The Morgan fingerprint density at radius 2 is 1.59 bits per heavy atom. The Kier molecular flexibility index (Phi) is 7.82. The van der Waals surface area contributed by atoms with Crippen molar-refractivity contribution in [3.8, 4) is 0 Å². The molecule has 1 aliphatic rings. The van der Waals surface area contributed by atoms with E-state index in [-0.39, 0.29) is 34.0 Å². The van der Waals surface area contributed by atoms with Crippen molar-refractivity contribution < 1.29 is 53.9 Å². The van der Waals surface area contributed by atoms with Crippen LogP contribution in [0.25, 0.3) is 0 Å². The molecule has 39 heavy (non-hydrogen) atoms. The number of rotatable bonds is 7. The van der Waals surface area contributed by atoms with Gasteiger partial charge in [0.15, 0.2) is 11.5 Å². The molecule has 1 aromatic heterocycles. The molecule has 1 aliphatic heterocycles. The maximum Gasteiger partial charge on any atom is 0.437 e. The molecule has 0 radical (unpaired) electrons. The molecule has 1 unspecified atom stereocenters. The fourth-order valence-electron chi connectivity index (χ4n) is 4.22. The second-order valence-corrected chi connectivity index (χ2v) is 8.97. The van der Waals surface area contributed by atoms with Crippen LogP contribution in [0.5, 0.6) is 0 Å². The molecule has 1 N–H and O–H groups in total. The summed E-state index contributed by atoms with van der Waals surface area (Å²) >= 11 is 0. The quantitative estimate of drug-likeness (QED) is 0.362. The maximum absolute atomic E-state index is 14.2. The van der Waals surface area contributed by atoms with Gasteiger partial charge in [0.25, 0.3) is 5.60 Å². The SMILES string of the molecule is Cc1cc(C2=NOC(c3cc(C(F)(F)F)nn3C)(C(F)(F)F)C2)cc(C)c1C(=O)CCC(=O)NCC(F)(F)F. The van der Waals surface area contributed by atoms with Crippen molar-refractivity contribution in [1.82, 2.24) is 15.1 Å². The average molecular weight is 572 g/mol. The Labute approximate surface area is 215 Å². The van der Waals surface area contributed by atoms with E-state index in [2.05, 4.69) is 10.3 Å². The number of ketones is 1. The van der Waals surface area contributed by atoms with Gasteiger partial charge in [-0.25, -0.2) is 0 Å². The lowest BCUT2D eigenvalue weighted by atomic mass is 9.87. The predicted molar refractivity (Wildman–Crippen MR) is 117 cm³/mol. The summed E-state index contributed by atoms with van der Waals surface area (Å²) in [6, 6.07) is 2.89. The number of oxime groups is 1. The van der Waals surface area contributed by atoms with Crippen LogP contribution in [0, 0.1) is 13.8 Å². The van der Waals surface area contributed by atoms with E-state index < -0.39 is 73.0 Å². The topological polar surface area (TPSA) is 85.6 Å². The third-order valence-corrected chi connectivity index (χ3v) is 5.98. The van der Waals surface area contributed by atoms with Gasteiger partial charge in [-0.2, -0.15) is 44.6 Å². The van der Waals surface area contributed by atoms with E-state index in [1.807, 2.05) is 0 Å². The molecule has 16 heteroatoms. The Hall–Kier alpha value is -3.59. The zero-order valence-electron chi connectivity index (χ0n) is 20.5. The molecule has 214 valence electrons. The van der Waals surface area contributed by atoms with Gasteiger partial charge in [0, 0.05) is 31.0 Å². The van der Waals surface area contributed by atoms with Crippen LogP contribution in [-0.4, -0.2) is 46.1 Å². The number of aromatic nitrogens is 2. The summed E-state index contributed by atoms with van der Waals surface area (Å²) in [6.45, 7) is 1.36. The number of carbonyl (C=O) groups is 2. The van der Waals surface area contributed by atoms with Crippen LogP contribution in [0.2, 0.25) is 0 Å².